The van der Waals surface area contributed by atoms with E-state index in [0.717, 1.165) is 18.8 Å². The number of rotatable bonds is 3. The second-order valence-electron chi connectivity index (χ2n) is 5.46. The average Bonchev–Trinajstić information content (AvgIpc) is 2.63. The fourth-order valence-electron chi connectivity index (χ4n) is 3.83. The molecule has 3 atom stereocenters. The van der Waals surface area contributed by atoms with Gasteiger partial charge in [0.25, 0.3) is 0 Å². The maximum absolute atomic E-state index is 6.39. The Morgan fingerprint density at radius 2 is 1.94 bits per heavy atom. The van der Waals surface area contributed by atoms with Gasteiger partial charge in [-0.25, -0.2) is 4.67 Å². The summed E-state index contributed by atoms with van der Waals surface area (Å²) in [4.78, 5) is 0. The summed E-state index contributed by atoms with van der Waals surface area (Å²) in [6, 6.07) is 0.513. The van der Waals surface area contributed by atoms with Crippen molar-refractivity contribution in [2.45, 2.75) is 70.4 Å². The summed E-state index contributed by atoms with van der Waals surface area (Å²) in [5.74, 6) is 0.722. The monoisotopic (exact) mass is 277 g/mol. The number of halogens is 1. The molecule has 0 aromatic carbocycles. The van der Waals surface area contributed by atoms with Gasteiger partial charge in [0, 0.05) is 6.04 Å². The van der Waals surface area contributed by atoms with Crippen LogP contribution in [0.2, 0.25) is 0 Å². The van der Waals surface area contributed by atoms with Gasteiger partial charge in [0.15, 0.2) is 0 Å². The van der Waals surface area contributed by atoms with E-state index in [1.54, 1.807) is 0 Å². The van der Waals surface area contributed by atoms with Crippen LogP contribution >= 0.6 is 18.9 Å². The molecule has 17 heavy (non-hydrogen) atoms. The summed E-state index contributed by atoms with van der Waals surface area (Å²) in [6.45, 7) is 4.54. The van der Waals surface area contributed by atoms with E-state index in [-0.39, 0.29) is 5.60 Å². The van der Waals surface area contributed by atoms with E-state index in [1.807, 2.05) is 0 Å². The molecule has 0 N–H and O–H groups in total. The Hall–Kier alpha value is 0.640. The first-order valence-electron chi connectivity index (χ1n) is 7.03. The van der Waals surface area contributed by atoms with Crippen LogP contribution < -0.4 is 0 Å². The maximum atomic E-state index is 6.39. The molecule has 0 bridgehead atoms. The molecule has 2 aliphatic rings. The number of nitrogens with zero attached hydrogens (tertiary/aromatic N) is 1. The SMILES string of the molecule is CCC1N(C)P(Cl)O[C@@]1(CC)C1CCCCC1. The van der Waals surface area contributed by atoms with Gasteiger partial charge < -0.3 is 4.52 Å². The quantitative estimate of drug-likeness (QED) is 0.679. The number of likely N-dealkylation sites (N-methyl/N-ethyl adjacent to an activating group) is 1. The molecule has 2 fully saturated rings. The van der Waals surface area contributed by atoms with Gasteiger partial charge in [0.1, 0.15) is 0 Å². The first kappa shape index (κ1) is 14.1. The van der Waals surface area contributed by atoms with Gasteiger partial charge >= 0.3 is 0 Å². The fraction of sp³-hybridized carbons (Fsp3) is 1.00. The zero-order chi connectivity index (χ0) is 12.5. The van der Waals surface area contributed by atoms with Crippen LogP contribution in [0.5, 0.6) is 0 Å². The summed E-state index contributed by atoms with van der Waals surface area (Å²) in [7, 11) is 1.25. The lowest BCUT2D eigenvalue weighted by Gasteiger charge is -2.42. The molecule has 100 valence electrons. The minimum atomic E-state index is -0.884. The summed E-state index contributed by atoms with van der Waals surface area (Å²) in [5.41, 5.74) is 0.0391. The first-order valence-corrected chi connectivity index (χ1v) is 9.15. The predicted octanol–water partition coefficient (Wildman–Crippen LogP) is 4.92. The fourth-order valence-corrected chi connectivity index (χ4v) is 5.92. The van der Waals surface area contributed by atoms with Gasteiger partial charge in [0.2, 0.25) is 7.65 Å². The van der Waals surface area contributed by atoms with Gasteiger partial charge in [-0.3, -0.25) is 0 Å². The highest BCUT2D eigenvalue weighted by atomic mass is 35.7. The molecule has 4 heteroatoms. The molecule has 1 aliphatic carbocycles. The molecule has 1 aliphatic heterocycles. The molecule has 0 aromatic rings. The Labute approximate surface area is 112 Å². The molecular formula is C13H25ClNOP. The topological polar surface area (TPSA) is 12.5 Å². The molecule has 0 amide bonds. The Kier molecular flexibility index (Phi) is 4.74. The van der Waals surface area contributed by atoms with Crippen molar-refractivity contribution in [1.82, 2.24) is 4.67 Å². The highest BCUT2D eigenvalue weighted by molar-refractivity contribution is 7.78. The van der Waals surface area contributed by atoms with Crippen molar-refractivity contribution in [3.8, 4) is 0 Å². The Morgan fingerprint density at radius 1 is 1.29 bits per heavy atom. The zero-order valence-corrected chi connectivity index (χ0v) is 12.9. The van der Waals surface area contributed by atoms with Crippen LogP contribution in [0.25, 0.3) is 0 Å². The van der Waals surface area contributed by atoms with Crippen molar-refractivity contribution in [2.75, 3.05) is 7.05 Å². The third-order valence-electron chi connectivity index (χ3n) is 4.74. The van der Waals surface area contributed by atoms with Crippen LogP contribution in [-0.4, -0.2) is 23.4 Å². The van der Waals surface area contributed by atoms with Crippen molar-refractivity contribution in [3.63, 3.8) is 0 Å². The summed E-state index contributed by atoms with van der Waals surface area (Å²) in [5, 5.41) is 0. The van der Waals surface area contributed by atoms with E-state index in [2.05, 4.69) is 25.6 Å². The lowest BCUT2D eigenvalue weighted by atomic mass is 9.71. The van der Waals surface area contributed by atoms with Crippen LogP contribution in [0.15, 0.2) is 0 Å². The van der Waals surface area contributed by atoms with Crippen molar-refractivity contribution in [3.05, 3.63) is 0 Å². The van der Waals surface area contributed by atoms with Gasteiger partial charge in [-0.05, 0) is 49.9 Å². The standard InChI is InChI=1S/C13H25ClNOP/c1-4-12-13(5-2,16-17(14)15(12)3)11-9-7-6-8-10-11/h11-12H,4-10H2,1-3H3/t12?,13-,17?/m0/s1. The van der Waals surface area contributed by atoms with E-state index < -0.39 is 7.65 Å². The molecule has 2 nitrogen and oxygen atoms in total. The van der Waals surface area contributed by atoms with Crippen molar-refractivity contribution < 1.29 is 4.52 Å². The van der Waals surface area contributed by atoms with Gasteiger partial charge in [0.05, 0.1) is 5.60 Å². The molecule has 0 radical (unpaired) electrons. The zero-order valence-electron chi connectivity index (χ0n) is 11.3. The second kappa shape index (κ2) is 5.74. The molecule has 2 rings (SSSR count). The minimum absolute atomic E-state index is 0.0391. The number of hydrogen-bond acceptors (Lipinski definition) is 2. The Morgan fingerprint density at radius 3 is 2.47 bits per heavy atom. The van der Waals surface area contributed by atoms with Crippen LogP contribution in [0.1, 0.15) is 58.8 Å². The van der Waals surface area contributed by atoms with Crippen molar-refractivity contribution >= 4 is 18.9 Å². The normalized spacial score (nSPS) is 40.9. The largest absolute Gasteiger partial charge is 0.323 e. The predicted molar refractivity (Wildman–Crippen MR) is 75.3 cm³/mol. The lowest BCUT2D eigenvalue weighted by Crippen LogP contribution is -2.49. The minimum Gasteiger partial charge on any atom is -0.323 e. The summed E-state index contributed by atoms with van der Waals surface area (Å²) >= 11 is 6.39. The highest BCUT2D eigenvalue weighted by Gasteiger charge is 2.54. The van der Waals surface area contributed by atoms with Crippen molar-refractivity contribution in [1.29, 1.82) is 0 Å². The highest BCUT2D eigenvalue weighted by Crippen LogP contribution is 2.63. The smallest absolute Gasteiger partial charge is 0.207 e. The Bertz CT molecular complexity index is 260. The molecule has 1 saturated heterocycles. The molecule has 0 spiro atoms. The summed E-state index contributed by atoms with van der Waals surface area (Å²) < 4.78 is 8.60. The lowest BCUT2D eigenvalue weighted by molar-refractivity contribution is -0.0173. The van der Waals surface area contributed by atoms with Crippen LogP contribution in [0.4, 0.5) is 0 Å². The summed E-state index contributed by atoms with van der Waals surface area (Å²) in [6.07, 6.45) is 9.06. The number of hydrogen-bond donors (Lipinski definition) is 0. The average molecular weight is 278 g/mol. The van der Waals surface area contributed by atoms with Crippen molar-refractivity contribution in [2.24, 2.45) is 5.92 Å². The molecule has 0 aromatic heterocycles. The van der Waals surface area contributed by atoms with Crippen LogP contribution in [0, 0.1) is 5.92 Å². The van der Waals surface area contributed by atoms with Gasteiger partial charge in [-0.2, -0.15) is 0 Å². The van der Waals surface area contributed by atoms with Crippen LogP contribution in [0.3, 0.4) is 0 Å². The second-order valence-corrected chi connectivity index (χ2v) is 7.59. The third-order valence-corrected chi connectivity index (χ3v) is 6.93. The van der Waals surface area contributed by atoms with E-state index in [4.69, 9.17) is 15.8 Å². The first-order chi connectivity index (χ1) is 8.15. The van der Waals surface area contributed by atoms with Gasteiger partial charge in [-0.15, -0.1) is 0 Å². The Balaban J connectivity index is 2.22. The van der Waals surface area contributed by atoms with E-state index in [1.165, 1.54) is 32.1 Å². The van der Waals surface area contributed by atoms with E-state index in [0.29, 0.717) is 6.04 Å². The molecule has 1 saturated carbocycles. The van der Waals surface area contributed by atoms with Crippen LogP contribution in [-0.2, 0) is 4.52 Å². The van der Waals surface area contributed by atoms with E-state index >= 15 is 0 Å². The van der Waals surface area contributed by atoms with E-state index in [9.17, 15) is 0 Å². The molecule has 1 heterocycles. The molecular weight excluding hydrogens is 253 g/mol. The maximum Gasteiger partial charge on any atom is 0.207 e. The van der Waals surface area contributed by atoms with Gasteiger partial charge in [-0.1, -0.05) is 33.1 Å². The molecule has 2 unspecified atom stereocenters. The third kappa shape index (κ3) is 2.39.